The third-order valence-corrected chi connectivity index (χ3v) is 5.45. The largest absolute Gasteiger partial charge is 0.323 e. The molecule has 4 rings (SSSR count). The molecule has 0 spiro atoms. The van der Waals surface area contributed by atoms with Gasteiger partial charge in [-0.05, 0) is 42.5 Å². The minimum Gasteiger partial charge on any atom is -0.323 e. The van der Waals surface area contributed by atoms with Gasteiger partial charge in [-0.1, -0.05) is 29.8 Å². The zero-order valence-corrected chi connectivity index (χ0v) is 17.3. The number of hydrogen-bond acceptors (Lipinski definition) is 5. The van der Waals surface area contributed by atoms with Crippen molar-refractivity contribution in [1.82, 2.24) is 4.98 Å². The SMILES string of the molecule is O=C(CSC1=Nc2ccccc2N=C(c2ccccn2)C1)Nc1ccc(Cl)cc1F. The molecule has 1 N–H and O–H groups in total. The molecule has 3 aromatic rings. The van der Waals surface area contributed by atoms with E-state index >= 15 is 0 Å². The second kappa shape index (κ2) is 9.19. The lowest BCUT2D eigenvalue weighted by atomic mass is 10.2. The van der Waals surface area contributed by atoms with E-state index in [1.165, 1.54) is 23.9 Å². The van der Waals surface area contributed by atoms with Gasteiger partial charge in [-0.15, -0.1) is 11.8 Å². The first-order valence-electron chi connectivity index (χ1n) is 9.12. The number of carbonyl (C=O) groups excluding carboxylic acids is 1. The number of aliphatic imine (C=N–C) groups is 2. The Bertz CT molecular complexity index is 1150. The summed E-state index contributed by atoms with van der Waals surface area (Å²) >= 11 is 7.04. The van der Waals surface area contributed by atoms with Crippen LogP contribution in [0.5, 0.6) is 0 Å². The number of aromatic nitrogens is 1. The first kappa shape index (κ1) is 20.3. The van der Waals surface area contributed by atoms with Crippen LogP contribution in [0.2, 0.25) is 5.02 Å². The van der Waals surface area contributed by atoms with Crippen LogP contribution in [0.15, 0.2) is 76.8 Å². The summed E-state index contributed by atoms with van der Waals surface area (Å²) in [5.41, 5.74) is 3.11. The molecule has 0 atom stereocenters. The van der Waals surface area contributed by atoms with Gasteiger partial charge in [0.05, 0.1) is 39.3 Å². The van der Waals surface area contributed by atoms with Crippen LogP contribution in [0.3, 0.4) is 0 Å². The molecule has 2 heterocycles. The molecule has 0 bridgehead atoms. The number of carbonyl (C=O) groups is 1. The van der Waals surface area contributed by atoms with Gasteiger partial charge in [-0.25, -0.2) is 14.4 Å². The van der Waals surface area contributed by atoms with Crippen molar-refractivity contribution in [3.8, 4) is 0 Å². The molecule has 1 amide bonds. The number of thioether (sulfide) groups is 1. The molecule has 150 valence electrons. The number of halogens is 2. The molecule has 8 heteroatoms. The highest BCUT2D eigenvalue weighted by atomic mass is 35.5. The molecule has 0 saturated carbocycles. The lowest BCUT2D eigenvalue weighted by Gasteiger charge is -2.08. The minimum absolute atomic E-state index is 0.0819. The topological polar surface area (TPSA) is 66.7 Å². The van der Waals surface area contributed by atoms with Gasteiger partial charge in [0.2, 0.25) is 5.91 Å². The maximum atomic E-state index is 13.9. The van der Waals surface area contributed by atoms with Crippen LogP contribution in [-0.2, 0) is 4.79 Å². The van der Waals surface area contributed by atoms with E-state index in [9.17, 15) is 9.18 Å². The van der Waals surface area contributed by atoms with Gasteiger partial charge in [0.15, 0.2) is 0 Å². The van der Waals surface area contributed by atoms with E-state index in [1.54, 1.807) is 6.20 Å². The Hall–Kier alpha value is -3.03. The summed E-state index contributed by atoms with van der Waals surface area (Å²) in [5, 5.41) is 3.57. The fourth-order valence-corrected chi connectivity index (χ4v) is 3.78. The highest BCUT2D eigenvalue weighted by Gasteiger charge is 2.17. The van der Waals surface area contributed by atoms with Gasteiger partial charge in [-0.2, -0.15) is 0 Å². The number of fused-ring (bicyclic) bond motifs is 1. The maximum Gasteiger partial charge on any atom is 0.234 e. The standard InChI is InChI=1S/C22H16ClFN4OS/c23-14-8-9-16(15(24)11-14)27-21(29)13-30-22-12-20(17-5-3-4-10-25-17)26-18-6-1-2-7-19(18)28-22/h1-11H,12-13H2,(H,27,29). The number of hydrogen-bond donors (Lipinski definition) is 1. The van der Waals surface area contributed by atoms with Crippen LogP contribution < -0.4 is 5.32 Å². The number of para-hydroxylation sites is 2. The van der Waals surface area contributed by atoms with Crippen molar-refractivity contribution in [3.63, 3.8) is 0 Å². The Morgan fingerprint density at radius 1 is 1.07 bits per heavy atom. The lowest BCUT2D eigenvalue weighted by Crippen LogP contribution is -2.17. The Labute approximate surface area is 182 Å². The van der Waals surface area contributed by atoms with Crippen molar-refractivity contribution >= 4 is 57.1 Å². The Kier molecular flexibility index (Phi) is 6.21. The van der Waals surface area contributed by atoms with Gasteiger partial charge in [-0.3, -0.25) is 9.78 Å². The monoisotopic (exact) mass is 438 g/mol. The molecular formula is C22H16ClFN4OS. The fraction of sp³-hybridized carbons (Fsp3) is 0.0909. The summed E-state index contributed by atoms with van der Waals surface area (Å²) in [6, 6.07) is 17.3. The van der Waals surface area contributed by atoms with Crippen LogP contribution in [0.25, 0.3) is 0 Å². The molecule has 0 saturated heterocycles. The van der Waals surface area contributed by atoms with E-state index < -0.39 is 5.82 Å². The second-order valence-electron chi connectivity index (χ2n) is 6.41. The van der Waals surface area contributed by atoms with Gasteiger partial charge in [0.25, 0.3) is 0 Å². The summed E-state index contributed by atoms with van der Waals surface area (Å²) in [5.74, 6) is -0.831. The third kappa shape index (κ3) is 4.93. The van der Waals surface area contributed by atoms with Crippen molar-refractivity contribution in [2.45, 2.75) is 6.42 Å². The number of rotatable bonds is 4. The molecule has 0 fully saturated rings. The molecule has 1 aromatic heterocycles. The van der Waals surface area contributed by atoms with Gasteiger partial charge in [0.1, 0.15) is 5.82 Å². The Morgan fingerprint density at radius 3 is 2.57 bits per heavy atom. The quantitative estimate of drug-likeness (QED) is 0.559. The molecule has 0 unspecified atom stereocenters. The number of nitrogens with one attached hydrogen (secondary N) is 1. The van der Waals surface area contributed by atoms with Crippen molar-refractivity contribution in [2.75, 3.05) is 11.1 Å². The van der Waals surface area contributed by atoms with Crippen LogP contribution >= 0.6 is 23.4 Å². The minimum atomic E-state index is -0.578. The van der Waals surface area contributed by atoms with E-state index in [2.05, 4.69) is 15.3 Å². The normalized spacial score (nSPS) is 13.0. The maximum absolute atomic E-state index is 13.9. The third-order valence-electron chi connectivity index (χ3n) is 4.24. The van der Waals surface area contributed by atoms with Crippen molar-refractivity contribution in [2.24, 2.45) is 9.98 Å². The average molecular weight is 439 g/mol. The molecule has 1 aliphatic rings. The number of nitrogens with zero attached hydrogens (tertiary/aromatic N) is 3. The number of benzene rings is 2. The zero-order chi connectivity index (χ0) is 20.9. The molecule has 5 nitrogen and oxygen atoms in total. The molecule has 0 radical (unpaired) electrons. The van der Waals surface area contributed by atoms with Gasteiger partial charge >= 0.3 is 0 Å². The van der Waals surface area contributed by atoms with Crippen molar-refractivity contribution in [1.29, 1.82) is 0 Å². The number of pyridine rings is 1. The predicted molar refractivity (Wildman–Crippen MR) is 121 cm³/mol. The van der Waals surface area contributed by atoms with Gasteiger partial charge in [0, 0.05) is 17.6 Å². The summed E-state index contributed by atoms with van der Waals surface area (Å²) in [6.45, 7) is 0. The van der Waals surface area contributed by atoms with Crippen molar-refractivity contribution in [3.05, 3.63) is 83.4 Å². The summed E-state index contributed by atoms with van der Waals surface area (Å²) in [6.07, 6.45) is 2.16. The van der Waals surface area contributed by atoms with Crippen LogP contribution in [0, 0.1) is 5.82 Å². The van der Waals surface area contributed by atoms with E-state index in [1.807, 2.05) is 42.5 Å². The van der Waals surface area contributed by atoms with E-state index in [0.717, 1.165) is 33.9 Å². The smallest absolute Gasteiger partial charge is 0.234 e. The summed E-state index contributed by atoms with van der Waals surface area (Å²) in [7, 11) is 0. The summed E-state index contributed by atoms with van der Waals surface area (Å²) < 4.78 is 13.9. The highest BCUT2D eigenvalue weighted by Crippen LogP contribution is 2.33. The van der Waals surface area contributed by atoms with Crippen LogP contribution in [0.4, 0.5) is 21.5 Å². The zero-order valence-electron chi connectivity index (χ0n) is 15.7. The number of anilines is 1. The average Bonchev–Trinajstić information content (AvgIpc) is 2.94. The first-order valence-corrected chi connectivity index (χ1v) is 10.5. The van der Waals surface area contributed by atoms with E-state index in [4.69, 9.17) is 16.6 Å². The summed E-state index contributed by atoms with van der Waals surface area (Å²) in [4.78, 5) is 26.2. The molecule has 2 aromatic carbocycles. The number of amides is 1. The van der Waals surface area contributed by atoms with Gasteiger partial charge < -0.3 is 5.32 Å². The molecule has 1 aliphatic heterocycles. The fourth-order valence-electron chi connectivity index (χ4n) is 2.85. The molecule has 30 heavy (non-hydrogen) atoms. The Morgan fingerprint density at radius 2 is 1.83 bits per heavy atom. The van der Waals surface area contributed by atoms with Crippen molar-refractivity contribution < 1.29 is 9.18 Å². The second-order valence-corrected chi connectivity index (χ2v) is 7.89. The first-order chi connectivity index (χ1) is 14.6. The predicted octanol–water partition coefficient (Wildman–Crippen LogP) is 5.80. The highest BCUT2D eigenvalue weighted by molar-refractivity contribution is 8.14. The van der Waals surface area contributed by atoms with E-state index in [-0.39, 0.29) is 22.4 Å². The van der Waals surface area contributed by atoms with Crippen LogP contribution in [-0.4, -0.2) is 27.4 Å². The molecule has 0 aliphatic carbocycles. The Balaban J connectivity index is 1.51. The van der Waals surface area contributed by atoms with Crippen LogP contribution in [0.1, 0.15) is 12.1 Å². The lowest BCUT2D eigenvalue weighted by molar-refractivity contribution is -0.113. The van der Waals surface area contributed by atoms with E-state index in [0.29, 0.717) is 6.42 Å². The molecular weight excluding hydrogens is 423 g/mol.